The van der Waals surface area contributed by atoms with E-state index < -0.39 is 11.8 Å². The molecule has 1 aromatic rings. The van der Waals surface area contributed by atoms with E-state index in [0.717, 1.165) is 0 Å². The Labute approximate surface area is 141 Å². The van der Waals surface area contributed by atoms with Crippen molar-refractivity contribution >= 4 is 11.8 Å². The van der Waals surface area contributed by atoms with Gasteiger partial charge in [0.15, 0.2) is 0 Å². The van der Waals surface area contributed by atoms with E-state index in [9.17, 15) is 9.59 Å². The molecule has 8 nitrogen and oxygen atoms in total. The first-order valence-electron chi connectivity index (χ1n) is 7.80. The molecule has 0 saturated carbocycles. The van der Waals surface area contributed by atoms with Crippen LogP contribution >= 0.6 is 0 Å². The number of nitrogens with one attached hydrogen (secondary N) is 2. The topological polar surface area (TPSA) is 151 Å². The second kappa shape index (κ2) is 9.33. The molecule has 0 aromatic heterocycles. The molecule has 2 atom stereocenters. The number of primary amides is 2. The molecule has 0 aliphatic rings. The Bertz CT molecular complexity index is 541. The maximum atomic E-state index is 11.8. The number of nitrogens with two attached hydrogens (primary N) is 2. The summed E-state index contributed by atoms with van der Waals surface area (Å²) in [6.07, 6.45) is 0. The summed E-state index contributed by atoms with van der Waals surface area (Å²) in [6.45, 7) is 4.11. The third-order valence-corrected chi connectivity index (χ3v) is 3.81. The normalized spacial score (nSPS) is 13.5. The summed E-state index contributed by atoms with van der Waals surface area (Å²) in [6, 6.07) is 2.29. The molecule has 0 fully saturated rings. The van der Waals surface area contributed by atoms with E-state index in [2.05, 4.69) is 10.6 Å². The van der Waals surface area contributed by atoms with Crippen LogP contribution in [0.25, 0.3) is 0 Å². The Kier molecular flexibility index (Phi) is 7.80. The maximum absolute atomic E-state index is 11.8. The van der Waals surface area contributed by atoms with Gasteiger partial charge < -0.3 is 32.3 Å². The van der Waals surface area contributed by atoms with Gasteiger partial charge in [-0.25, -0.2) is 0 Å². The van der Waals surface area contributed by atoms with Gasteiger partial charge in [0.05, 0.1) is 13.2 Å². The summed E-state index contributed by atoms with van der Waals surface area (Å²) in [5.41, 5.74) is 12.7. The van der Waals surface area contributed by atoms with Crippen LogP contribution in [-0.4, -0.2) is 48.3 Å². The smallest absolute Gasteiger partial charge is 0.249 e. The van der Waals surface area contributed by atoms with E-state index in [0.29, 0.717) is 24.2 Å². The third kappa shape index (κ3) is 4.75. The molecular weight excluding hydrogens is 312 g/mol. The zero-order valence-electron chi connectivity index (χ0n) is 14.0. The molecule has 1 aromatic carbocycles. The minimum atomic E-state index is -0.616. The van der Waals surface area contributed by atoms with Crippen LogP contribution in [0.1, 0.15) is 57.8 Å². The number of carbonyl (C=O) groups is 2. The van der Waals surface area contributed by atoms with E-state index in [-0.39, 0.29) is 36.4 Å². The number of hydrogen-bond donors (Lipinski definition) is 6. The Morgan fingerprint density at radius 3 is 1.50 bits per heavy atom. The minimum Gasteiger partial charge on any atom is -0.395 e. The molecule has 0 spiro atoms. The van der Waals surface area contributed by atoms with Crippen LogP contribution < -0.4 is 22.1 Å². The lowest BCUT2D eigenvalue weighted by Crippen LogP contribution is -2.32. The van der Waals surface area contributed by atoms with E-state index in [1.807, 2.05) is 13.8 Å². The van der Waals surface area contributed by atoms with Crippen molar-refractivity contribution in [3.8, 4) is 0 Å². The number of rotatable bonds is 10. The fraction of sp³-hybridized carbons (Fsp3) is 0.500. The lowest BCUT2D eigenvalue weighted by atomic mass is 9.87. The van der Waals surface area contributed by atoms with Crippen molar-refractivity contribution in [1.29, 1.82) is 0 Å². The van der Waals surface area contributed by atoms with Gasteiger partial charge in [-0.1, -0.05) is 0 Å². The fourth-order valence-electron chi connectivity index (χ4n) is 2.77. The highest BCUT2D eigenvalue weighted by Crippen LogP contribution is 2.30. The van der Waals surface area contributed by atoms with Crippen molar-refractivity contribution in [2.24, 2.45) is 11.5 Å². The average Bonchev–Trinajstić information content (AvgIpc) is 2.55. The van der Waals surface area contributed by atoms with Crippen LogP contribution in [0.15, 0.2) is 12.1 Å². The molecule has 1 rings (SSSR count). The van der Waals surface area contributed by atoms with Gasteiger partial charge in [-0.05, 0) is 37.1 Å². The van der Waals surface area contributed by atoms with Gasteiger partial charge in [0.2, 0.25) is 11.8 Å². The highest BCUT2D eigenvalue weighted by molar-refractivity contribution is 5.99. The number of hydrogen-bond acceptors (Lipinski definition) is 6. The first kappa shape index (κ1) is 20.0. The quantitative estimate of drug-likeness (QED) is 0.328. The van der Waals surface area contributed by atoms with E-state index >= 15 is 0 Å². The molecule has 134 valence electrons. The molecule has 24 heavy (non-hydrogen) atoms. The van der Waals surface area contributed by atoms with E-state index in [1.165, 1.54) is 12.1 Å². The largest absolute Gasteiger partial charge is 0.395 e. The number of amides is 2. The standard InChI is InChI=1S/C16H26N4O4/c1-9(19-5-7-21)13-11(15(17)23)3-4-12(16(18)24)14(13)10(2)20-6-8-22/h3-4,9-10,19-22H,5-8H2,1-2H3,(H2,17,23)(H2,18,24). The summed E-state index contributed by atoms with van der Waals surface area (Å²) in [5, 5.41) is 24.2. The average molecular weight is 338 g/mol. The minimum absolute atomic E-state index is 0.0700. The van der Waals surface area contributed by atoms with Crippen molar-refractivity contribution in [1.82, 2.24) is 10.6 Å². The van der Waals surface area contributed by atoms with Gasteiger partial charge in [0.25, 0.3) is 0 Å². The molecule has 2 unspecified atom stereocenters. The molecule has 2 amide bonds. The molecule has 0 aliphatic carbocycles. The summed E-state index contributed by atoms with van der Waals surface area (Å²) in [4.78, 5) is 23.7. The van der Waals surface area contributed by atoms with Crippen molar-refractivity contribution in [2.45, 2.75) is 25.9 Å². The Morgan fingerprint density at radius 1 is 0.917 bits per heavy atom. The zero-order chi connectivity index (χ0) is 18.3. The number of aliphatic hydroxyl groups is 2. The molecule has 0 saturated heterocycles. The summed E-state index contributed by atoms with van der Waals surface area (Å²) < 4.78 is 0. The molecular formula is C16H26N4O4. The zero-order valence-corrected chi connectivity index (χ0v) is 14.0. The third-order valence-electron chi connectivity index (χ3n) is 3.81. The maximum Gasteiger partial charge on any atom is 0.249 e. The van der Waals surface area contributed by atoms with Crippen LogP contribution in [0.5, 0.6) is 0 Å². The first-order chi connectivity index (χ1) is 11.3. The van der Waals surface area contributed by atoms with Gasteiger partial charge in [-0.15, -0.1) is 0 Å². The predicted octanol–water partition coefficient (Wildman–Crippen LogP) is -0.830. The van der Waals surface area contributed by atoms with Gasteiger partial charge in [-0.2, -0.15) is 0 Å². The monoisotopic (exact) mass is 338 g/mol. The second-order valence-electron chi connectivity index (χ2n) is 5.52. The number of aliphatic hydroxyl groups excluding tert-OH is 2. The summed E-state index contributed by atoms with van der Waals surface area (Å²) in [7, 11) is 0. The van der Waals surface area contributed by atoms with Crippen LogP contribution in [0.2, 0.25) is 0 Å². The van der Waals surface area contributed by atoms with Crippen LogP contribution in [0, 0.1) is 0 Å². The Morgan fingerprint density at radius 2 is 1.25 bits per heavy atom. The van der Waals surface area contributed by atoms with Crippen LogP contribution in [-0.2, 0) is 0 Å². The van der Waals surface area contributed by atoms with Crippen molar-refractivity contribution in [2.75, 3.05) is 26.3 Å². The van der Waals surface area contributed by atoms with Crippen molar-refractivity contribution in [3.63, 3.8) is 0 Å². The first-order valence-corrected chi connectivity index (χ1v) is 7.80. The molecule has 0 heterocycles. The van der Waals surface area contributed by atoms with Crippen LogP contribution in [0.3, 0.4) is 0 Å². The van der Waals surface area contributed by atoms with Crippen LogP contribution in [0.4, 0.5) is 0 Å². The Balaban J connectivity index is 3.53. The summed E-state index contributed by atoms with van der Waals surface area (Å²) in [5.74, 6) is -1.23. The molecule has 0 radical (unpaired) electrons. The lowest BCUT2D eigenvalue weighted by Gasteiger charge is -2.26. The second-order valence-corrected chi connectivity index (χ2v) is 5.52. The van der Waals surface area contributed by atoms with Gasteiger partial charge in [-0.3, -0.25) is 9.59 Å². The Hall–Kier alpha value is -2.00. The SMILES string of the molecule is CC(NCCO)c1c(C(N)=O)ccc(C(N)=O)c1C(C)NCCO. The van der Waals surface area contributed by atoms with Gasteiger partial charge in [0.1, 0.15) is 0 Å². The van der Waals surface area contributed by atoms with Crippen molar-refractivity contribution in [3.05, 3.63) is 34.4 Å². The number of carbonyl (C=O) groups excluding carboxylic acids is 2. The molecule has 0 aliphatic heterocycles. The van der Waals surface area contributed by atoms with Gasteiger partial charge in [0, 0.05) is 36.3 Å². The van der Waals surface area contributed by atoms with Crippen molar-refractivity contribution < 1.29 is 19.8 Å². The highest BCUT2D eigenvalue weighted by Gasteiger charge is 2.25. The lowest BCUT2D eigenvalue weighted by molar-refractivity contribution is 0.0985. The number of benzene rings is 1. The highest BCUT2D eigenvalue weighted by atomic mass is 16.3. The predicted molar refractivity (Wildman–Crippen MR) is 90.5 cm³/mol. The molecule has 8 N–H and O–H groups in total. The summed E-state index contributed by atoms with van der Waals surface area (Å²) >= 11 is 0. The van der Waals surface area contributed by atoms with E-state index in [4.69, 9.17) is 21.7 Å². The fourth-order valence-corrected chi connectivity index (χ4v) is 2.77. The van der Waals surface area contributed by atoms with Gasteiger partial charge >= 0.3 is 0 Å². The molecule has 8 heteroatoms. The van der Waals surface area contributed by atoms with E-state index in [1.54, 1.807) is 0 Å². The molecule has 0 bridgehead atoms.